The molecule has 0 saturated heterocycles. The fourth-order valence-corrected chi connectivity index (χ4v) is 2.94. The van der Waals surface area contributed by atoms with E-state index in [0.717, 1.165) is 35.0 Å². The number of carbonyl (C=O) groups is 1. The van der Waals surface area contributed by atoms with Crippen LogP contribution in [0.5, 0.6) is 0 Å². The second kappa shape index (κ2) is 7.46. The van der Waals surface area contributed by atoms with Gasteiger partial charge in [-0.05, 0) is 36.0 Å². The molecule has 0 atom stereocenters. The normalized spacial score (nSPS) is 15.2. The lowest BCUT2D eigenvalue weighted by molar-refractivity contribution is -0.115. The molecule has 0 aliphatic carbocycles. The molecule has 3 nitrogen and oxygen atoms in total. The zero-order valence-electron chi connectivity index (χ0n) is 12.8. The third-order valence-electron chi connectivity index (χ3n) is 3.22. The number of benzene rings is 1. The standard InChI is InChI=1S/C17H22N2OS/c1-12(2)10-14-4-6-15(7-5-14)13(3)11-16(20)19-17-18-8-9-21-17/h4-7,11-12H,8-10H2,1-3H3,(H,18,19,20)/b13-11+. The number of nitrogens with one attached hydrogen (secondary N) is 1. The lowest BCUT2D eigenvalue weighted by Gasteiger charge is -2.07. The van der Waals surface area contributed by atoms with Crippen LogP contribution in [0.1, 0.15) is 31.9 Å². The molecule has 4 heteroatoms. The van der Waals surface area contributed by atoms with Crippen LogP contribution in [-0.2, 0) is 11.2 Å². The van der Waals surface area contributed by atoms with Crippen molar-refractivity contribution in [2.24, 2.45) is 10.9 Å². The van der Waals surface area contributed by atoms with Crippen molar-refractivity contribution >= 4 is 28.4 Å². The highest BCUT2D eigenvalue weighted by atomic mass is 32.2. The summed E-state index contributed by atoms with van der Waals surface area (Å²) in [6.45, 7) is 7.18. The van der Waals surface area contributed by atoms with Crippen molar-refractivity contribution in [3.05, 3.63) is 41.5 Å². The summed E-state index contributed by atoms with van der Waals surface area (Å²) in [5, 5.41) is 3.55. The van der Waals surface area contributed by atoms with Crippen LogP contribution >= 0.6 is 11.8 Å². The first kappa shape index (κ1) is 15.8. The van der Waals surface area contributed by atoms with Gasteiger partial charge in [-0.25, -0.2) is 0 Å². The Morgan fingerprint density at radius 2 is 2.10 bits per heavy atom. The summed E-state index contributed by atoms with van der Waals surface area (Å²) in [6, 6.07) is 8.44. The van der Waals surface area contributed by atoms with E-state index in [2.05, 4.69) is 48.4 Å². The number of amidine groups is 1. The number of thioether (sulfide) groups is 1. The number of aliphatic imine (C=N–C) groups is 1. The highest BCUT2D eigenvalue weighted by Crippen LogP contribution is 2.16. The second-order valence-corrected chi connectivity index (χ2v) is 6.73. The largest absolute Gasteiger partial charge is 0.302 e. The smallest absolute Gasteiger partial charge is 0.250 e. The van der Waals surface area contributed by atoms with Crippen molar-refractivity contribution < 1.29 is 4.79 Å². The average Bonchev–Trinajstić information content (AvgIpc) is 2.91. The average molecular weight is 302 g/mol. The Bertz CT molecular complexity index is 559. The van der Waals surface area contributed by atoms with Crippen molar-refractivity contribution in [3.63, 3.8) is 0 Å². The Kier molecular flexibility index (Phi) is 5.62. The summed E-state index contributed by atoms with van der Waals surface area (Å²) >= 11 is 1.59. The predicted octanol–water partition coefficient (Wildman–Crippen LogP) is 3.51. The van der Waals surface area contributed by atoms with Crippen LogP contribution < -0.4 is 5.32 Å². The van der Waals surface area contributed by atoms with Gasteiger partial charge in [0, 0.05) is 11.8 Å². The van der Waals surface area contributed by atoms with E-state index < -0.39 is 0 Å². The number of amides is 1. The number of hydrogen-bond acceptors (Lipinski definition) is 3. The summed E-state index contributed by atoms with van der Waals surface area (Å²) < 4.78 is 0. The number of carbonyl (C=O) groups excluding carboxylic acids is 1. The molecule has 1 aromatic carbocycles. The van der Waals surface area contributed by atoms with E-state index in [1.807, 2.05) is 6.92 Å². The van der Waals surface area contributed by atoms with Gasteiger partial charge in [-0.2, -0.15) is 0 Å². The molecule has 21 heavy (non-hydrogen) atoms. The van der Waals surface area contributed by atoms with Gasteiger partial charge in [0.15, 0.2) is 5.17 Å². The molecule has 0 saturated carbocycles. The maximum absolute atomic E-state index is 11.9. The maximum Gasteiger partial charge on any atom is 0.250 e. The molecule has 0 radical (unpaired) electrons. The molecule has 1 heterocycles. The minimum atomic E-state index is -0.105. The molecule has 1 N–H and O–H groups in total. The van der Waals surface area contributed by atoms with Crippen LogP contribution in [0, 0.1) is 5.92 Å². The fraction of sp³-hybridized carbons (Fsp3) is 0.412. The van der Waals surface area contributed by atoms with E-state index in [1.54, 1.807) is 17.8 Å². The van der Waals surface area contributed by atoms with E-state index in [0.29, 0.717) is 5.92 Å². The molecule has 0 unspecified atom stereocenters. The fourth-order valence-electron chi connectivity index (χ4n) is 2.21. The van der Waals surface area contributed by atoms with Crippen LogP contribution in [0.3, 0.4) is 0 Å². The topological polar surface area (TPSA) is 41.5 Å². The van der Waals surface area contributed by atoms with Crippen molar-refractivity contribution in [3.8, 4) is 0 Å². The highest BCUT2D eigenvalue weighted by Gasteiger charge is 2.09. The van der Waals surface area contributed by atoms with Crippen LogP contribution in [0.25, 0.3) is 5.57 Å². The third-order valence-corrected chi connectivity index (χ3v) is 4.11. The van der Waals surface area contributed by atoms with Gasteiger partial charge in [0.2, 0.25) is 5.91 Å². The van der Waals surface area contributed by atoms with Gasteiger partial charge in [0.05, 0.1) is 6.54 Å². The van der Waals surface area contributed by atoms with Gasteiger partial charge in [0.1, 0.15) is 0 Å². The summed E-state index contributed by atoms with van der Waals surface area (Å²) in [6.07, 6.45) is 2.72. The minimum Gasteiger partial charge on any atom is -0.302 e. The first-order chi connectivity index (χ1) is 10.0. The van der Waals surface area contributed by atoms with Crippen molar-refractivity contribution in [1.82, 2.24) is 5.32 Å². The molecule has 0 fully saturated rings. The Morgan fingerprint density at radius 1 is 1.38 bits per heavy atom. The zero-order valence-corrected chi connectivity index (χ0v) is 13.7. The monoisotopic (exact) mass is 302 g/mol. The number of nitrogens with zero attached hydrogens (tertiary/aromatic N) is 1. The lowest BCUT2D eigenvalue weighted by atomic mass is 9.99. The van der Waals surface area contributed by atoms with Gasteiger partial charge in [-0.15, -0.1) is 0 Å². The summed E-state index contributed by atoms with van der Waals surface area (Å²) in [5.41, 5.74) is 3.38. The predicted molar refractivity (Wildman–Crippen MR) is 91.5 cm³/mol. The van der Waals surface area contributed by atoms with Crippen molar-refractivity contribution in [1.29, 1.82) is 0 Å². The minimum absolute atomic E-state index is 0.105. The quantitative estimate of drug-likeness (QED) is 0.865. The van der Waals surface area contributed by atoms with E-state index in [4.69, 9.17) is 0 Å². The SMILES string of the molecule is C/C(=C\C(=O)NC1=NCCS1)c1ccc(CC(C)C)cc1. The zero-order chi connectivity index (χ0) is 15.2. The Balaban J connectivity index is 1.99. The Hall–Kier alpha value is -1.55. The van der Waals surface area contributed by atoms with Crippen LogP contribution in [0.4, 0.5) is 0 Å². The van der Waals surface area contributed by atoms with Gasteiger partial charge in [-0.3, -0.25) is 9.79 Å². The van der Waals surface area contributed by atoms with E-state index in [-0.39, 0.29) is 5.91 Å². The van der Waals surface area contributed by atoms with Crippen LogP contribution in [-0.4, -0.2) is 23.4 Å². The molecule has 1 amide bonds. The second-order valence-electron chi connectivity index (χ2n) is 5.65. The molecular weight excluding hydrogens is 280 g/mol. The summed E-state index contributed by atoms with van der Waals surface area (Å²) in [4.78, 5) is 16.1. The van der Waals surface area contributed by atoms with E-state index in [1.165, 1.54) is 5.56 Å². The van der Waals surface area contributed by atoms with Crippen LogP contribution in [0.15, 0.2) is 35.3 Å². The van der Waals surface area contributed by atoms with Crippen molar-refractivity contribution in [2.75, 3.05) is 12.3 Å². The van der Waals surface area contributed by atoms with Gasteiger partial charge in [-0.1, -0.05) is 49.9 Å². The van der Waals surface area contributed by atoms with E-state index >= 15 is 0 Å². The maximum atomic E-state index is 11.9. The molecule has 0 aromatic heterocycles. The lowest BCUT2D eigenvalue weighted by Crippen LogP contribution is -2.25. The van der Waals surface area contributed by atoms with Gasteiger partial charge in [0.25, 0.3) is 0 Å². The molecule has 2 rings (SSSR count). The first-order valence-electron chi connectivity index (χ1n) is 7.30. The molecule has 112 valence electrons. The summed E-state index contributed by atoms with van der Waals surface area (Å²) in [5.74, 6) is 1.50. The van der Waals surface area contributed by atoms with Crippen LogP contribution in [0.2, 0.25) is 0 Å². The Morgan fingerprint density at radius 3 is 2.67 bits per heavy atom. The molecule has 1 aliphatic heterocycles. The Labute approximate surface area is 130 Å². The highest BCUT2D eigenvalue weighted by molar-refractivity contribution is 8.14. The number of rotatable bonds is 4. The molecule has 1 aliphatic rings. The van der Waals surface area contributed by atoms with E-state index in [9.17, 15) is 4.79 Å². The molecular formula is C17H22N2OS. The summed E-state index contributed by atoms with van der Waals surface area (Å²) in [7, 11) is 0. The molecule has 0 spiro atoms. The molecule has 0 bridgehead atoms. The molecule has 1 aromatic rings. The number of allylic oxidation sites excluding steroid dienone is 1. The van der Waals surface area contributed by atoms with Crippen molar-refractivity contribution in [2.45, 2.75) is 27.2 Å². The van der Waals surface area contributed by atoms with Gasteiger partial charge < -0.3 is 5.32 Å². The van der Waals surface area contributed by atoms with Gasteiger partial charge >= 0.3 is 0 Å². The third kappa shape index (κ3) is 5.05. The first-order valence-corrected chi connectivity index (χ1v) is 8.29. The number of hydrogen-bond donors (Lipinski definition) is 1.